The van der Waals surface area contributed by atoms with E-state index >= 15 is 0 Å². The molecule has 7 nitrogen and oxygen atoms in total. The minimum absolute atomic E-state index is 0.0202. The highest BCUT2D eigenvalue weighted by atomic mass is 32.1. The highest BCUT2D eigenvalue weighted by molar-refractivity contribution is 7.10. The number of hydrogen-bond acceptors (Lipinski definition) is 6. The molecule has 2 amide bonds. The Morgan fingerprint density at radius 1 is 0.895 bits per heavy atom. The summed E-state index contributed by atoms with van der Waals surface area (Å²) in [6.45, 7) is 5.69. The van der Waals surface area contributed by atoms with Gasteiger partial charge in [0, 0.05) is 23.5 Å². The number of rotatable bonds is 14. The quantitative estimate of drug-likeness (QED) is 0.267. The van der Waals surface area contributed by atoms with E-state index in [0.29, 0.717) is 48.9 Å². The largest absolute Gasteiger partial charge is 0.497 e. The lowest BCUT2D eigenvalue weighted by atomic mass is 10.1. The summed E-state index contributed by atoms with van der Waals surface area (Å²) in [5.41, 5.74) is 2.71. The maximum Gasteiger partial charge on any atom is 0.254 e. The maximum atomic E-state index is 13.7. The molecule has 0 spiro atoms. The molecule has 0 atom stereocenters. The Morgan fingerprint density at radius 3 is 2.34 bits per heavy atom. The zero-order valence-corrected chi connectivity index (χ0v) is 23.8. The van der Waals surface area contributed by atoms with Gasteiger partial charge in [0.2, 0.25) is 5.91 Å². The van der Waals surface area contributed by atoms with Crippen LogP contribution < -0.4 is 14.2 Å². The van der Waals surface area contributed by atoms with Gasteiger partial charge in [0.1, 0.15) is 12.3 Å². The van der Waals surface area contributed by atoms with Gasteiger partial charge in [-0.2, -0.15) is 0 Å². The summed E-state index contributed by atoms with van der Waals surface area (Å²) < 4.78 is 16.1. The zero-order chi connectivity index (χ0) is 27.5. The number of carbonyl (C=O) groups excluding carboxylic acids is 2. The zero-order valence-electron chi connectivity index (χ0n) is 23.0. The number of benzene rings is 2. The molecule has 0 saturated heterocycles. The highest BCUT2D eigenvalue weighted by Gasteiger charge is 2.23. The lowest BCUT2D eigenvalue weighted by molar-refractivity contribution is -0.132. The van der Waals surface area contributed by atoms with Crippen LogP contribution in [-0.4, -0.2) is 62.6 Å². The van der Waals surface area contributed by atoms with Gasteiger partial charge in [-0.3, -0.25) is 9.59 Å². The average molecular weight is 539 g/mol. The van der Waals surface area contributed by atoms with Crippen molar-refractivity contribution in [2.45, 2.75) is 39.7 Å². The second kappa shape index (κ2) is 14.4. The molecular weight excluding hydrogens is 500 g/mol. The number of thiophene rings is 1. The SMILES string of the molecule is CCCCN(CC(=O)N(CCc1ccc(OC)c(OC)c1)Cc1sccc1C)C(=O)c1cccc(OC)c1. The molecule has 0 radical (unpaired) electrons. The van der Waals surface area contributed by atoms with Gasteiger partial charge in [-0.1, -0.05) is 25.5 Å². The third-order valence-electron chi connectivity index (χ3n) is 6.49. The Morgan fingerprint density at radius 2 is 1.68 bits per heavy atom. The van der Waals surface area contributed by atoms with Crippen LogP contribution in [-0.2, 0) is 17.8 Å². The van der Waals surface area contributed by atoms with Crippen molar-refractivity contribution in [2.24, 2.45) is 0 Å². The lowest BCUT2D eigenvalue weighted by Crippen LogP contribution is -2.43. The topological polar surface area (TPSA) is 68.3 Å². The van der Waals surface area contributed by atoms with Crippen LogP contribution >= 0.6 is 11.3 Å². The van der Waals surface area contributed by atoms with Crippen LogP contribution in [0.15, 0.2) is 53.9 Å². The van der Waals surface area contributed by atoms with Crippen molar-refractivity contribution in [3.63, 3.8) is 0 Å². The molecule has 1 aromatic heterocycles. The second-order valence-corrected chi connectivity index (χ2v) is 10.1. The molecular formula is C30H38N2O5S. The average Bonchev–Trinajstić information content (AvgIpc) is 3.36. The van der Waals surface area contributed by atoms with Gasteiger partial charge in [-0.05, 0) is 72.7 Å². The first kappa shape index (κ1) is 29.0. The van der Waals surface area contributed by atoms with E-state index < -0.39 is 0 Å². The van der Waals surface area contributed by atoms with Crippen LogP contribution in [0, 0.1) is 6.92 Å². The number of ether oxygens (including phenoxy) is 3. The maximum absolute atomic E-state index is 13.7. The minimum Gasteiger partial charge on any atom is -0.497 e. The molecule has 0 aliphatic carbocycles. The van der Waals surface area contributed by atoms with Crippen molar-refractivity contribution in [1.29, 1.82) is 0 Å². The van der Waals surface area contributed by atoms with Gasteiger partial charge >= 0.3 is 0 Å². The van der Waals surface area contributed by atoms with E-state index in [1.165, 1.54) is 0 Å². The summed E-state index contributed by atoms with van der Waals surface area (Å²) >= 11 is 1.64. The Bertz CT molecular complexity index is 1210. The second-order valence-electron chi connectivity index (χ2n) is 9.09. The molecule has 0 N–H and O–H groups in total. The van der Waals surface area contributed by atoms with Crippen molar-refractivity contribution in [3.8, 4) is 17.2 Å². The Kier molecular flexibility index (Phi) is 11.0. The number of amides is 2. The number of aryl methyl sites for hydroxylation is 1. The molecule has 38 heavy (non-hydrogen) atoms. The molecule has 204 valence electrons. The van der Waals surface area contributed by atoms with Crippen LogP contribution in [0.3, 0.4) is 0 Å². The fourth-order valence-electron chi connectivity index (χ4n) is 4.13. The molecule has 0 unspecified atom stereocenters. The highest BCUT2D eigenvalue weighted by Crippen LogP contribution is 2.28. The summed E-state index contributed by atoms with van der Waals surface area (Å²) in [6, 6.07) is 14.9. The molecule has 3 rings (SSSR count). The fourth-order valence-corrected chi connectivity index (χ4v) is 5.06. The van der Waals surface area contributed by atoms with Crippen molar-refractivity contribution in [3.05, 3.63) is 75.5 Å². The van der Waals surface area contributed by atoms with Gasteiger partial charge < -0.3 is 24.0 Å². The molecule has 0 aliphatic heterocycles. The minimum atomic E-state index is -0.169. The van der Waals surface area contributed by atoms with Crippen LogP contribution in [0.4, 0.5) is 0 Å². The van der Waals surface area contributed by atoms with E-state index in [0.717, 1.165) is 28.8 Å². The number of nitrogens with zero attached hydrogens (tertiary/aromatic N) is 2. The molecule has 3 aromatic rings. The van der Waals surface area contributed by atoms with E-state index in [1.807, 2.05) is 28.5 Å². The van der Waals surface area contributed by atoms with Gasteiger partial charge in [-0.25, -0.2) is 0 Å². The van der Waals surface area contributed by atoms with Gasteiger partial charge in [-0.15, -0.1) is 11.3 Å². The first-order chi connectivity index (χ1) is 18.4. The van der Waals surface area contributed by atoms with Gasteiger partial charge in [0.15, 0.2) is 11.5 Å². The lowest BCUT2D eigenvalue weighted by Gasteiger charge is -2.28. The van der Waals surface area contributed by atoms with Crippen molar-refractivity contribution < 1.29 is 23.8 Å². The summed E-state index contributed by atoms with van der Waals surface area (Å²) in [4.78, 5) is 31.8. The third-order valence-corrected chi connectivity index (χ3v) is 7.49. The molecule has 2 aromatic carbocycles. The molecule has 8 heteroatoms. The van der Waals surface area contributed by atoms with Gasteiger partial charge in [0.05, 0.1) is 27.9 Å². The number of unbranched alkanes of at least 4 members (excludes halogenated alkanes) is 1. The molecule has 0 bridgehead atoms. The Labute approximate surface area is 229 Å². The van der Waals surface area contributed by atoms with Crippen LogP contribution in [0.25, 0.3) is 0 Å². The standard InChI is InChI=1S/C30H38N2O5S/c1-6-7-15-32(30(34)24-9-8-10-25(19-24)35-3)21-29(33)31(20-28-22(2)14-17-38-28)16-13-23-11-12-26(36-4)27(18-23)37-5/h8-12,14,17-19H,6-7,13,15-16,20-21H2,1-5H3. The first-order valence-electron chi connectivity index (χ1n) is 12.8. The van der Waals surface area contributed by atoms with Crippen molar-refractivity contribution >= 4 is 23.2 Å². The molecule has 1 heterocycles. The molecule has 0 saturated carbocycles. The predicted molar refractivity (Wildman–Crippen MR) is 152 cm³/mol. The van der Waals surface area contributed by atoms with Crippen LogP contribution in [0.2, 0.25) is 0 Å². The normalized spacial score (nSPS) is 10.7. The third kappa shape index (κ3) is 7.74. The number of methoxy groups -OCH3 is 3. The Balaban J connectivity index is 1.81. The fraction of sp³-hybridized carbons (Fsp3) is 0.400. The van der Waals surface area contributed by atoms with E-state index in [4.69, 9.17) is 14.2 Å². The summed E-state index contributed by atoms with van der Waals surface area (Å²) in [5.74, 6) is 1.69. The van der Waals surface area contributed by atoms with E-state index in [-0.39, 0.29) is 18.4 Å². The Hall–Kier alpha value is -3.52. The first-order valence-corrected chi connectivity index (χ1v) is 13.7. The van der Waals surface area contributed by atoms with Crippen LogP contribution in [0.1, 0.15) is 46.1 Å². The van der Waals surface area contributed by atoms with E-state index in [1.54, 1.807) is 61.8 Å². The number of carbonyl (C=O) groups is 2. The summed E-state index contributed by atoms with van der Waals surface area (Å²) in [5, 5.41) is 2.04. The van der Waals surface area contributed by atoms with Crippen LogP contribution in [0.5, 0.6) is 17.2 Å². The monoisotopic (exact) mass is 538 g/mol. The van der Waals surface area contributed by atoms with E-state index in [9.17, 15) is 9.59 Å². The number of hydrogen-bond donors (Lipinski definition) is 0. The predicted octanol–water partition coefficient (Wildman–Crippen LogP) is 5.60. The van der Waals surface area contributed by atoms with Crippen molar-refractivity contribution in [1.82, 2.24) is 9.80 Å². The summed E-state index contributed by atoms with van der Waals surface area (Å²) in [7, 11) is 4.80. The van der Waals surface area contributed by atoms with E-state index in [2.05, 4.69) is 19.9 Å². The molecule has 0 fully saturated rings. The smallest absolute Gasteiger partial charge is 0.254 e. The summed E-state index contributed by atoms with van der Waals surface area (Å²) in [6.07, 6.45) is 2.39. The van der Waals surface area contributed by atoms with Crippen molar-refractivity contribution in [2.75, 3.05) is 41.0 Å². The van der Waals surface area contributed by atoms with Gasteiger partial charge in [0.25, 0.3) is 5.91 Å². The molecule has 0 aliphatic rings.